The molecule has 4 nitrogen and oxygen atoms in total. The molecule has 0 aromatic carbocycles. The molecule has 0 heterocycles. The van der Waals surface area contributed by atoms with Gasteiger partial charge in [0.1, 0.15) is 0 Å². The summed E-state index contributed by atoms with van der Waals surface area (Å²) in [6.07, 6.45) is 5.96. The van der Waals surface area contributed by atoms with Crippen molar-refractivity contribution in [2.75, 3.05) is 19.6 Å². The monoisotopic (exact) mass is 247 g/mol. The highest BCUT2D eigenvalue weighted by atomic mass is 35.5. The molecule has 0 aromatic rings. The van der Waals surface area contributed by atoms with E-state index in [-0.39, 0.29) is 23.9 Å². The lowest BCUT2D eigenvalue weighted by Gasteiger charge is -2.38. The van der Waals surface area contributed by atoms with Crippen LogP contribution in [0.25, 0.3) is 0 Å². The Morgan fingerprint density at radius 2 is 2.06 bits per heavy atom. The maximum Gasteiger partial charge on any atom is 0.233 e. The number of carbonyl (C=O) groups excluding carboxylic acids is 1. The van der Waals surface area contributed by atoms with E-state index >= 15 is 0 Å². The van der Waals surface area contributed by atoms with E-state index in [2.05, 4.69) is 10.6 Å². The average Bonchev–Trinajstić information content (AvgIpc) is 2.95. The number of hydrogen-bond donors (Lipinski definition) is 3. The first-order valence-electron chi connectivity index (χ1n) is 5.94. The molecule has 5 heteroatoms. The zero-order valence-corrected chi connectivity index (χ0v) is 10.4. The number of hydrogen-bond acceptors (Lipinski definition) is 3. The van der Waals surface area contributed by atoms with Gasteiger partial charge in [0.25, 0.3) is 0 Å². The molecule has 0 spiro atoms. The molecule has 0 radical (unpaired) electrons. The van der Waals surface area contributed by atoms with Crippen molar-refractivity contribution in [1.82, 2.24) is 10.6 Å². The van der Waals surface area contributed by atoms with Crippen LogP contribution in [0.3, 0.4) is 0 Å². The maximum atomic E-state index is 11.4. The Hall–Kier alpha value is -0.320. The van der Waals surface area contributed by atoms with Gasteiger partial charge in [0.15, 0.2) is 0 Å². The molecule has 2 saturated carbocycles. The summed E-state index contributed by atoms with van der Waals surface area (Å²) in [5.74, 6) is 0.853. The molecule has 0 bridgehead atoms. The van der Waals surface area contributed by atoms with Gasteiger partial charge < -0.3 is 16.4 Å². The van der Waals surface area contributed by atoms with Crippen LogP contribution in [0.5, 0.6) is 0 Å². The summed E-state index contributed by atoms with van der Waals surface area (Å²) in [4.78, 5) is 11.4. The predicted molar refractivity (Wildman–Crippen MR) is 66.6 cm³/mol. The molecule has 2 rings (SSSR count). The third-order valence-corrected chi connectivity index (χ3v) is 3.40. The van der Waals surface area contributed by atoms with Gasteiger partial charge in [-0.05, 0) is 38.0 Å². The zero-order chi connectivity index (χ0) is 10.7. The van der Waals surface area contributed by atoms with Crippen molar-refractivity contribution in [1.29, 1.82) is 0 Å². The third-order valence-electron chi connectivity index (χ3n) is 3.40. The number of nitrogens with one attached hydrogen (secondary N) is 2. The van der Waals surface area contributed by atoms with Crippen LogP contribution < -0.4 is 16.4 Å². The molecule has 0 aromatic heterocycles. The molecule has 2 aliphatic carbocycles. The second kappa shape index (κ2) is 5.84. The van der Waals surface area contributed by atoms with Crippen molar-refractivity contribution in [3.05, 3.63) is 0 Å². The Balaban J connectivity index is 0.00000128. The summed E-state index contributed by atoms with van der Waals surface area (Å²) in [6, 6.07) is 0. The molecule has 16 heavy (non-hydrogen) atoms. The van der Waals surface area contributed by atoms with E-state index in [9.17, 15) is 4.79 Å². The minimum absolute atomic E-state index is 0. The fourth-order valence-corrected chi connectivity index (χ4v) is 1.88. The molecule has 4 N–H and O–H groups in total. The van der Waals surface area contributed by atoms with Crippen LogP contribution in [0.2, 0.25) is 0 Å². The standard InChI is InChI=1S/C11H21N3O.ClH/c12-11(4-1-5-11)8-13-7-10(15)14-6-9-2-3-9;/h9,13H,1-8,12H2,(H,14,15);1H. The lowest BCUT2D eigenvalue weighted by atomic mass is 9.78. The largest absolute Gasteiger partial charge is 0.355 e. The topological polar surface area (TPSA) is 67.1 Å². The van der Waals surface area contributed by atoms with Crippen LogP contribution in [0.4, 0.5) is 0 Å². The predicted octanol–water partition coefficient (Wildman–Crippen LogP) is 0.405. The minimum Gasteiger partial charge on any atom is -0.355 e. The quantitative estimate of drug-likeness (QED) is 0.637. The highest BCUT2D eigenvalue weighted by molar-refractivity contribution is 5.85. The molecule has 0 aliphatic heterocycles. The molecule has 2 aliphatic rings. The molecule has 94 valence electrons. The van der Waals surface area contributed by atoms with E-state index in [0.717, 1.165) is 31.8 Å². The van der Waals surface area contributed by atoms with Crippen molar-refractivity contribution in [3.8, 4) is 0 Å². The SMILES string of the molecule is Cl.NC1(CNCC(=O)NCC2CC2)CCC1. The van der Waals surface area contributed by atoms with Crippen LogP contribution in [-0.2, 0) is 4.79 Å². The Labute approximate surface area is 103 Å². The molecular weight excluding hydrogens is 226 g/mol. The van der Waals surface area contributed by atoms with Crippen molar-refractivity contribution in [2.45, 2.75) is 37.6 Å². The van der Waals surface area contributed by atoms with Crippen molar-refractivity contribution < 1.29 is 4.79 Å². The highest BCUT2D eigenvalue weighted by Gasteiger charge is 2.31. The maximum absolute atomic E-state index is 11.4. The lowest BCUT2D eigenvalue weighted by Crippen LogP contribution is -2.55. The molecular formula is C11H22ClN3O. The van der Waals surface area contributed by atoms with Crippen LogP contribution in [0.15, 0.2) is 0 Å². The second-order valence-corrected chi connectivity index (χ2v) is 5.07. The van der Waals surface area contributed by atoms with Crippen LogP contribution in [-0.4, -0.2) is 31.1 Å². The van der Waals surface area contributed by atoms with Gasteiger partial charge in [0, 0.05) is 18.6 Å². The fourth-order valence-electron chi connectivity index (χ4n) is 1.88. The van der Waals surface area contributed by atoms with E-state index in [4.69, 9.17) is 5.73 Å². The van der Waals surface area contributed by atoms with Crippen LogP contribution >= 0.6 is 12.4 Å². The molecule has 0 saturated heterocycles. The second-order valence-electron chi connectivity index (χ2n) is 5.07. The van der Waals surface area contributed by atoms with Crippen LogP contribution in [0.1, 0.15) is 32.1 Å². The third kappa shape index (κ3) is 4.28. The first kappa shape index (κ1) is 13.7. The number of rotatable bonds is 6. The first-order valence-corrected chi connectivity index (χ1v) is 5.94. The summed E-state index contributed by atoms with van der Waals surface area (Å²) in [5.41, 5.74) is 6.00. The van der Waals surface area contributed by atoms with Gasteiger partial charge in [-0.15, -0.1) is 12.4 Å². The number of amides is 1. The zero-order valence-electron chi connectivity index (χ0n) is 9.63. The van der Waals surface area contributed by atoms with E-state index < -0.39 is 0 Å². The molecule has 2 fully saturated rings. The highest BCUT2D eigenvalue weighted by Crippen LogP contribution is 2.28. The van der Waals surface area contributed by atoms with Crippen molar-refractivity contribution >= 4 is 18.3 Å². The Kier molecular flexibility index (Phi) is 5.02. The van der Waals surface area contributed by atoms with Gasteiger partial charge in [0.05, 0.1) is 6.54 Å². The average molecular weight is 248 g/mol. The number of halogens is 1. The van der Waals surface area contributed by atoms with Gasteiger partial charge in [-0.1, -0.05) is 0 Å². The summed E-state index contributed by atoms with van der Waals surface area (Å²) < 4.78 is 0. The van der Waals surface area contributed by atoms with E-state index in [1.165, 1.54) is 19.3 Å². The van der Waals surface area contributed by atoms with Crippen molar-refractivity contribution in [2.24, 2.45) is 11.7 Å². The summed E-state index contributed by atoms with van der Waals surface area (Å²) in [5, 5.41) is 6.06. The summed E-state index contributed by atoms with van der Waals surface area (Å²) in [7, 11) is 0. The van der Waals surface area contributed by atoms with Crippen LogP contribution in [0, 0.1) is 5.92 Å². The number of nitrogens with two attached hydrogens (primary N) is 1. The van der Waals surface area contributed by atoms with E-state index in [0.29, 0.717) is 6.54 Å². The van der Waals surface area contributed by atoms with Gasteiger partial charge in [-0.2, -0.15) is 0 Å². The Morgan fingerprint density at radius 1 is 1.38 bits per heavy atom. The van der Waals surface area contributed by atoms with Gasteiger partial charge >= 0.3 is 0 Å². The smallest absolute Gasteiger partial charge is 0.233 e. The van der Waals surface area contributed by atoms with Gasteiger partial charge in [0.2, 0.25) is 5.91 Å². The minimum atomic E-state index is -0.0310. The number of carbonyl (C=O) groups is 1. The Morgan fingerprint density at radius 3 is 2.56 bits per heavy atom. The first-order chi connectivity index (χ1) is 7.18. The van der Waals surface area contributed by atoms with E-state index in [1.807, 2.05) is 0 Å². The normalized spacial score (nSPS) is 21.8. The molecule has 0 atom stereocenters. The van der Waals surface area contributed by atoms with Gasteiger partial charge in [-0.3, -0.25) is 4.79 Å². The van der Waals surface area contributed by atoms with E-state index in [1.54, 1.807) is 0 Å². The fraction of sp³-hybridized carbons (Fsp3) is 0.909. The Bertz CT molecular complexity index is 239. The molecule has 1 amide bonds. The van der Waals surface area contributed by atoms with Gasteiger partial charge in [-0.25, -0.2) is 0 Å². The summed E-state index contributed by atoms with van der Waals surface area (Å²) >= 11 is 0. The van der Waals surface area contributed by atoms with Crippen molar-refractivity contribution in [3.63, 3.8) is 0 Å². The lowest BCUT2D eigenvalue weighted by molar-refractivity contribution is -0.120. The molecule has 0 unspecified atom stereocenters. The summed E-state index contributed by atoms with van der Waals surface area (Å²) in [6.45, 7) is 2.03.